The summed E-state index contributed by atoms with van der Waals surface area (Å²) in [5.74, 6) is 1.04. The molecule has 0 aliphatic carbocycles. The van der Waals surface area contributed by atoms with Gasteiger partial charge in [-0.15, -0.1) is 0 Å². The summed E-state index contributed by atoms with van der Waals surface area (Å²) < 4.78 is 16.2. The fourth-order valence-electron chi connectivity index (χ4n) is 1.74. The van der Waals surface area contributed by atoms with Crippen molar-refractivity contribution in [2.75, 3.05) is 19.1 Å². The molecule has 1 rings (SSSR count). The molecule has 0 aromatic heterocycles. The van der Waals surface area contributed by atoms with Gasteiger partial charge < -0.3 is 15.4 Å². The Hall–Kier alpha value is -1.27. The Bertz CT molecular complexity index is 497. The van der Waals surface area contributed by atoms with Gasteiger partial charge in [0.15, 0.2) is 0 Å². The Morgan fingerprint density at radius 2 is 2.20 bits per heavy atom. The van der Waals surface area contributed by atoms with Crippen LogP contribution in [0, 0.1) is 0 Å². The van der Waals surface area contributed by atoms with Crippen molar-refractivity contribution >= 4 is 28.4 Å². The topological polar surface area (TPSA) is 67.4 Å². The summed E-state index contributed by atoms with van der Waals surface area (Å²) in [6, 6.07) is 4.81. The molecule has 0 radical (unpaired) electrons. The Kier molecular flexibility index (Phi) is 6.81. The predicted molar refractivity (Wildman–Crippen MR) is 81.8 cm³/mol. The molecule has 7 heteroatoms. The summed E-state index contributed by atoms with van der Waals surface area (Å²) in [6.07, 6.45) is 1.60. The number of carbonyl (C=O) groups is 1. The first-order chi connectivity index (χ1) is 9.43. The maximum Gasteiger partial charge on any atom is 0.315 e. The van der Waals surface area contributed by atoms with Crippen LogP contribution in [-0.4, -0.2) is 35.4 Å². The van der Waals surface area contributed by atoms with Crippen molar-refractivity contribution in [3.8, 4) is 5.75 Å². The van der Waals surface area contributed by atoms with Gasteiger partial charge in [0, 0.05) is 46.0 Å². The molecule has 1 aromatic rings. The molecule has 0 saturated carbocycles. The third-order valence-electron chi connectivity index (χ3n) is 2.58. The molecule has 0 bridgehead atoms. The van der Waals surface area contributed by atoms with Gasteiger partial charge in [-0.1, -0.05) is 17.7 Å². The van der Waals surface area contributed by atoms with Crippen molar-refractivity contribution in [2.24, 2.45) is 0 Å². The highest BCUT2D eigenvalue weighted by molar-refractivity contribution is 7.84. The normalized spacial score (nSPS) is 13.4. The summed E-state index contributed by atoms with van der Waals surface area (Å²) in [7, 11) is 0.605. The third-order valence-corrected chi connectivity index (χ3v) is 3.91. The first-order valence-corrected chi connectivity index (χ1v) is 8.20. The second kappa shape index (κ2) is 8.11. The van der Waals surface area contributed by atoms with Crippen molar-refractivity contribution in [1.29, 1.82) is 0 Å². The second-order valence-corrected chi connectivity index (χ2v) is 6.28. The summed E-state index contributed by atoms with van der Waals surface area (Å²) in [5, 5.41) is 5.95. The van der Waals surface area contributed by atoms with Crippen molar-refractivity contribution in [2.45, 2.75) is 19.5 Å². The van der Waals surface area contributed by atoms with Crippen LogP contribution in [0.4, 0.5) is 4.79 Å². The van der Waals surface area contributed by atoms with E-state index in [0.717, 1.165) is 5.56 Å². The molecule has 0 fully saturated rings. The van der Waals surface area contributed by atoms with Crippen LogP contribution in [0.3, 0.4) is 0 Å². The molecule has 20 heavy (non-hydrogen) atoms. The number of halogens is 1. The lowest BCUT2D eigenvalue weighted by Gasteiger charge is -2.15. The average Bonchev–Trinajstić information content (AvgIpc) is 2.35. The molecule has 0 spiro atoms. The lowest BCUT2D eigenvalue weighted by atomic mass is 10.2. The summed E-state index contributed by atoms with van der Waals surface area (Å²) in [6.45, 7) is 2.06. The Morgan fingerprint density at radius 3 is 2.80 bits per heavy atom. The molecule has 1 aromatic carbocycles. The van der Waals surface area contributed by atoms with Crippen molar-refractivity contribution in [3.05, 3.63) is 28.8 Å². The van der Waals surface area contributed by atoms with Crippen molar-refractivity contribution in [3.63, 3.8) is 0 Å². The molecule has 0 unspecified atom stereocenters. The highest BCUT2D eigenvalue weighted by Gasteiger charge is 2.11. The van der Waals surface area contributed by atoms with E-state index in [4.69, 9.17) is 16.3 Å². The van der Waals surface area contributed by atoms with Gasteiger partial charge >= 0.3 is 6.03 Å². The van der Waals surface area contributed by atoms with E-state index in [0.29, 0.717) is 16.5 Å². The van der Waals surface area contributed by atoms with Crippen LogP contribution in [0.5, 0.6) is 5.75 Å². The van der Waals surface area contributed by atoms with Gasteiger partial charge in [0.25, 0.3) is 0 Å². The molecule has 0 heterocycles. The SMILES string of the molecule is COc1cccc(Cl)c1CNC(=O)N[C@@H](C)C[S@@](C)=O. The predicted octanol–water partition coefficient (Wildman–Crippen LogP) is 1.91. The largest absolute Gasteiger partial charge is 0.496 e. The molecule has 5 nitrogen and oxygen atoms in total. The fraction of sp³-hybridized carbons (Fsp3) is 0.462. The standard InChI is InChI=1S/C13H19ClN2O3S/c1-9(8-20(3)18)16-13(17)15-7-10-11(14)5-4-6-12(10)19-2/h4-6,9H,7-8H2,1-3H3,(H2,15,16,17)/t9-,20+/m0/s1. The van der Waals surface area contributed by atoms with Gasteiger partial charge in [0.1, 0.15) is 5.75 Å². The number of carbonyl (C=O) groups excluding carboxylic acids is 1. The smallest absolute Gasteiger partial charge is 0.315 e. The van der Waals surface area contributed by atoms with E-state index in [-0.39, 0.29) is 18.6 Å². The Balaban J connectivity index is 2.55. The summed E-state index contributed by atoms with van der Waals surface area (Å²) in [4.78, 5) is 11.7. The van der Waals surface area contributed by atoms with E-state index in [2.05, 4.69) is 10.6 Å². The molecule has 0 aliphatic heterocycles. The highest BCUT2D eigenvalue weighted by Crippen LogP contribution is 2.25. The van der Waals surface area contributed by atoms with Crippen LogP contribution in [0.25, 0.3) is 0 Å². The first-order valence-electron chi connectivity index (χ1n) is 6.09. The summed E-state index contributed by atoms with van der Waals surface area (Å²) >= 11 is 6.07. The quantitative estimate of drug-likeness (QED) is 0.842. The molecule has 0 saturated heterocycles. The average molecular weight is 319 g/mol. The number of ether oxygens (including phenoxy) is 1. The fourth-order valence-corrected chi connectivity index (χ4v) is 2.76. The van der Waals surface area contributed by atoms with Crippen LogP contribution < -0.4 is 15.4 Å². The highest BCUT2D eigenvalue weighted by atomic mass is 35.5. The Morgan fingerprint density at radius 1 is 1.50 bits per heavy atom. The number of nitrogens with one attached hydrogen (secondary N) is 2. The van der Waals surface area contributed by atoms with Crippen LogP contribution in [0.1, 0.15) is 12.5 Å². The molecule has 2 atom stereocenters. The molecular weight excluding hydrogens is 300 g/mol. The van der Waals surface area contributed by atoms with Crippen molar-refractivity contribution in [1.82, 2.24) is 10.6 Å². The van der Waals surface area contributed by atoms with Crippen molar-refractivity contribution < 1.29 is 13.7 Å². The van der Waals surface area contributed by atoms with Crippen LogP contribution >= 0.6 is 11.6 Å². The number of rotatable bonds is 6. The maximum atomic E-state index is 11.7. The number of methoxy groups -OCH3 is 1. The lowest BCUT2D eigenvalue weighted by molar-refractivity contribution is 0.238. The van der Waals surface area contributed by atoms with E-state index >= 15 is 0 Å². The van der Waals surface area contributed by atoms with Crippen LogP contribution in [-0.2, 0) is 17.3 Å². The van der Waals surface area contributed by atoms with Gasteiger partial charge in [0.2, 0.25) is 0 Å². The van der Waals surface area contributed by atoms with E-state index in [9.17, 15) is 9.00 Å². The monoisotopic (exact) mass is 318 g/mol. The zero-order chi connectivity index (χ0) is 15.1. The van der Waals surface area contributed by atoms with Gasteiger partial charge in [-0.2, -0.15) is 0 Å². The number of urea groups is 1. The molecular formula is C13H19ClN2O3S. The zero-order valence-corrected chi connectivity index (χ0v) is 13.3. The molecule has 112 valence electrons. The number of hydrogen-bond donors (Lipinski definition) is 2. The minimum absolute atomic E-state index is 0.158. The lowest BCUT2D eigenvalue weighted by Crippen LogP contribution is -2.42. The van der Waals surface area contributed by atoms with Crippen LogP contribution in [0.2, 0.25) is 5.02 Å². The number of amides is 2. The van der Waals surface area contributed by atoms with E-state index in [1.165, 1.54) is 0 Å². The summed E-state index contributed by atoms with van der Waals surface area (Å²) in [5.41, 5.74) is 0.721. The Labute approximate surface area is 126 Å². The second-order valence-electron chi connectivity index (χ2n) is 4.39. The minimum atomic E-state index is -0.944. The zero-order valence-electron chi connectivity index (χ0n) is 11.7. The first kappa shape index (κ1) is 16.8. The molecule has 0 aliphatic rings. The van der Waals surface area contributed by atoms with E-state index < -0.39 is 10.8 Å². The number of hydrogen-bond acceptors (Lipinski definition) is 3. The molecule has 2 N–H and O–H groups in total. The van der Waals surface area contributed by atoms with E-state index in [1.807, 2.05) is 0 Å². The van der Waals surface area contributed by atoms with Crippen LogP contribution in [0.15, 0.2) is 18.2 Å². The maximum absolute atomic E-state index is 11.7. The third kappa shape index (κ3) is 5.38. The van der Waals surface area contributed by atoms with Gasteiger partial charge in [0.05, 0.1) is 7.11 Å². The van der Waals surface area contributed by atoms with E-state index in [1.54, 1.807) is 38.5 Å². The minimum Gasteiger partial charge on any atom is -0.496 e. The number of benzene rings is 1. The van der Waals surface area contributed by atoms with Gasteiger partial charge in [-0.05, 0) is 19.1 Å². The van der Waals surface area contributed by atoms with Gasteiger partial charge in [-0.25, -0.2) is 4.79 Å². The molecule has 2 amide bonds. The van der Waals surface area contributed by atoms with Gasteiger partial charge in [-0.3, -0.25) is 4.21 Å².